The third kappa shape index (κ3) is 3.90. The molecule has 0 amide bonds. The first-order chi connectivity index (χ1) is 12.7. The molecular formula is C18H17BrN4O4. The van der Waals surface area contributed by atoms with Crippen LogP contribution in [0.25, 0.3) is 0 Å². The van der Waals surface area contributed by atoms with Gasteiger partial charge in [0.25, 0.3) is 11.2 Å². The molecule has 0 bridgehead atoms. The van der Waals surface area contributed by atoms with E-state index in [0.717, 1.165) is 0 Å². The van der Waals surface area contributed by atoms with Crippen molar-refractivity contribution < 1.29 is 10.0 Å². The van der Waals surface area contributed by atoms with Crippen LogP contribution in [0.2, 0.25) is 0 Å². The van der Waals surface area contributed by atoms with Gasteiger partial charge in [-0.25, -0.2) is 0 Å². The molecule has 0 aliphatic carbocycles. The van der Waals surface area contributed by atoms with Crippen LogP contribution in [-0.4, -0.2) is 20.8 Å². The van der Waals surface area contributed by atoms with Crippen LogP contribution in [0.15, 0.2) is 32.5 Å². The van der Waals surface area contributed by atoms with Gasteiger partial charge in [0.15, 0.2) is 0 Å². The number of aliphatic imine (C=N–C) groups is 1. The quantitative estimate of drug-likeness (QED) is 0.432. The molecule has 0 saturated carbocycles. The van der Waals surface area contributed by atoms with Crippen LogP contribution in [0.3, 0.4) is 0 Å². The summed E-state index contributed by atoms with van der Waals surface area (Å²) in [6, 6.07) is 5.68. The summed E-state index contributed by atoms with van der Waals surface area (Å²) in [5.41, 5.74) is 0.280. The summed E-state index contributed by atoms with van der Waals surface area (Å²) < 4.78 is 1.58. The summed E-state index contributed by atoms with van der Waals surface area (Å²) in [4.78, 5) is 27.0. The lowest BCUT2D eigenvalue weighted by atomic mass is 10.0. The zero-order valence-electron chi connectivity index (χ0n) is 14.9. The Morgan fingerprint density at radius 3 is 2.70 bits per heavy atom. The van der Waals surface area contributed by atoms with Crippen LogP contribution >= 0.6 is 15.9 Å². The highest BCUT2D eigenvalue weighted by molar-refractivity contribution is 9.10. The SMILES string of the molecule is CCC(C)n1c(O)c(C=Nc2ccc([N+](=O)[O-])cc2Br)c(C)c(C#N)c1=O. The number of nitro benzene ring substituents is 1. The number of aromatic hydroxyl groups is 1. The predicted molar refractivity (Wildman–Crippen MR) is 105 cm³/mol. The molecule has 1 atom stereocenters. The lowest BCUT2D eigenvalue weighted by molar-refractivity contribution is -0.384. The number of halogens is 1. The van der Waals surface area contributed by atoms with Crippen molar-refractivity contribution in [1.29, 1.82) is 5.26 Å². The van der Waals surface area contributed by atoms with Crippen molar-refractivity contribution in [3.63, 3.8) is 0 Å². The Labute approximate surface area is 163 Å². The van der Waals surface area contributed by atoms with Crippen molar-refractivity contribution >= 4 is 33.5 Å². The van der Waals surface area contributed by atoms with Gasteiger partial charge in [0.05, 0.1) is 16.2 Å². The van der Waals surface area contributed by atoms with Gasteiger partial charge in [0, 0.05) is 28.9 Å². The Morgan fingerprint density at radius 1 is 1.52 bits per heavy atom. The van der Waals surface area contributed by atoms with E-state index in [9.17, 15) is 25.3 Å². The Balaban J connectivity index is 2.63. The second kappa shape index (κ2) is 8.14. The number of hydrogen-bond donors (Lipinski definition) is 1. The van der Waals surface area contributed by atoms with E-state index in [-0.39, 0.29) is 28.7 Å². The minimum atomic E-state index is -0.546. The number of benzene rings is 1. The molecule has 0 aliphatic rings. The normalized spacial score (nSPS) is 12.1. The summed E-state index contributed by atoms with van der Waals surface area (Å²) in [5, 5.41) is 30.8. The second-order valence-corrected chi connectivity index (χ2v) is 6.79. The van der Waals surface area contributed by atoms with E-state index in [4.69, 9.17) is 0 Å². The molecule has 2 aromatic rings. The highest BCUT2D eigenvalue weighted by atomic mass is 79.9. The van der Waals surface area contributed by atoms with Gasteiger partial charge in [-0.1, -0.05) is 6.92 Å². The van der Waals surface area contributed by atoms with Crippen molar-refractivity contribution in [3.8, 4) is 11.9 Å². The van der Waals surface area contributed by atoms with Gasteiger partial charge >= 0.3 is 0 Å². The van der Waals surface area contributed by atoms with Gasteiger partial charge in [-0.2, -0.15) is 5.26 Å². The van der Waals surface area contributed by atoms with Crippen LogP contribution in [0.1, 0.15) is 43.0 Å². The Kier molecular flexibility index (Phi) is 6.13. The zero-order chi connectivity index (χ0) is 20.3. The molecule has 9 heteroatoms. The molecule has 27 heavy (non-hydrogen) atoms. The van der Waals surface area contributed by atoms with Crippen LogP contribution in [0.5, 0.6) is 5.88 Å². The van der Waals surface area contributed by atoms with Crippen molar-refractivity contribution in [2.75, 3.05) is 0 Å². The topological polar surface area (TPSA) is 122 Å². The maximum atomic E-state index is 12.5. The van der Waals surface area contributed by atoms with E-state index >= 15 is 0 Å². The predicted octanol–water partition coefficient (Wildman–Crippen LogP) is 4.13. The van der Waals surface area contributed by atoms with Crippen LogP contribution in [0, 0.1) is 28.4 Å². The molecule has 2 rings (SSSR count). The maximum absolute atomic E-state index is 12.5. The Hall–Kier alpha value is -2.99. The Bertz CT molecular complexity index is 1040. The smallest absolute Gasteiger partial charge is 0.271 e. The average Bonchev–Trinajstić information content (AvgIpc) is 2.62. The van der Waals surface area contributed by atoms with Gasteiger partial charge in [0.2, 0.25) is 5.88 Å². The van der Waals surface area contributed by atoms with E-state index in [1.807, 2.05) is 13.0 Å². The maximum Gasteiger partial charge on any atom is 0.271 e. The lowest BCUT2D eigenvalue weighted by Crippen LogP contribution is -2.27. The molecule has 1 aromatic heterocycles. The zero-order valence-corrected chi connectivity index (χ0v) is 16.5. The molecule has 1 unspecified atom stereocenters. The number of non-ortho nitro benzene ring substituents is 1. The van der Waals surface area contributed by atoms with Gasteiger partial charge in [-0.05, 0) is 47.8 Å². The third-order valence-corrected chi connectivity index (χ3v) is 4.93. The number of nitrogens with zero attached hydrogens (tertiary/aromatic N) is 4. The van der Waals surface area contributed by atoms with E-state index in [0.29, 0.717) is 22.1 Å². The molecule has 1 N–H and O–H groups in total. The lowest BCUT2D eigenvalue weighted by Gasteiger charge is -2.18. The average molecular weight is 433 g/mol. The molecule has 0 aliphatic heterocycles. The van der Waals surface area contributed by atoms with Crippen LogP contribution in [-0.2, 0) is 0 Å². The Morgan fingerprint density at radius 2 is 2.19 bits per heavy atom. The van der Waals surface area contributed by atoms with E-state index in [1.165, 1.54) is 29.0 Å². The van der Waals surface area contributed by atoms with Crippen molar-refractivity contribution in [3.05, 3.63) is 59.8 Å². The molecule has 1 heterocycles. The van der Waals surface area contributed by atoms with Gasteiger partial charge < -0.3 is 5.11 Å². The standard InChI is InChI=1S/C18H17BrN4O4/c1-4-10(2)22-17(24)13(8-20)11(3)14(18(22)25)9-21-16-6-5-12(23(26)27)7-15(16)19/h5-7,9-10,25H,4H2,1-3H3. The fraction of sp³-hybridized carbons (Fsp3) is 0.278. The van der Waals surface area contributed by atoms with E-state index in [2.05, 4.69) is 20.9 Å². The first kappa shape index (κ1) is 20.3. The molecule has 0 fully saturated rings. The highest BCUT2D eigenvalue weighted by Gasteiger charge is 2.20. The van der Waals surface area contributed by atoms with Crippen LogP contribution in [0.4, 0.5) is 11.4 Å². The summed E-state index contributed by atoms with van der Waals surface area (Å²) in [6.45, 7) is 5.20. The first-order valence-corrected chi connectivity index (χ1v) is 8.88. The number of rotatable bonds is 5. The summed E-state index contributed by atoms with van der Waals surface area (Å²) >= 11 is 3.23. The fourth-order valence-corrected chi connectivity index (χ4v) is 3.00. The number of hydrogen-bond acceptors (Lipinski definition) is 6. The first-order valence-electron chi connectivity index (χ1n) is 8.09. The summed E-state index contributed by atoms with van der Waals surface area (Å²) in [7, 11) is 0. The second-order valence-electron chi connectivity index (χ2n) is 5.93. The van der Waals surface area contributed by atoms with Crippen LogP contribution < -0.4 is 5.56 Å². The van der Waals surface area contributed by atoms with E-state index < -0.39 is 10.5 Å². The highest BCUT2D eigenvalue weighted by Crippen LogP contribution is 2.30. The fourth-order valence-electron chi connectivity index (χ4n) is 2.54. The number of nitro groups is 1. The van der Waals surface area contributed by atoms with Crippen molar-refractivity contribution in [2.45, 2.75) is 33.2 Å². The number of aromatic nitrogens is 1. The monoisotopic (exact) mass is 432 g/mol. The molecule has 8 nitrogen and oxygen atoms in total. The van der Waals surface area contributed by atoms with Gasteiger partial charge in [-0.3, -0.25) is 24.5 Å². The minimum absolute atomic E-state index is 0.0580. The molecular weight excluding hydrogens is 416 g/mol. The van der Waals surface area contributed by atoms with Gasteiger partial charge in [-0.15, -0.1) is 0 Å². The number of nitriles is 1. The number of pyridine rings is 1. The molecule has 0 radical (unpaired) electrons. The molecule has 0 saturated heterocycles. The summed E-state index contributed by atoms with van der Waals surface area (Å²) in [5.74, 6) is -0.271. The third-order valence-electron chi connectivity index (χ3n) is 4.30. The largest absolute Gasteiger partial charge is 0.494 e. The van der Waals surface area contributed by atoms with E-state index in [1.54, 1.807) is 13.8 Å². The minimum Gasteiger partial charge on any atom is -0.494 e. The molecule has 0 spiro atoms. The molecule has 140 valence electrons. The van der Waals surface area contributed by atoms with Crippen molar-refractivity contribution in [2.24, 2.45) is 4.99 Å². The molecule has 1 aromatic carbocycles. The van der Waals surface area contributed by atoms with Gasteiger partial charge in [0.1, 0.15) is 11.6 Å². The van der Waals surface area contributed by atoms with Crippen molar-refractivity contribution in [1.82, 2.24) is 4.57 Å². The summed E-state index contributed by atoms with van der Waals surface area (Å²) in [6.07, 6.45) is 1.93.